The van der Waals surface area contributed by atoms with Crippen molar-refractivity contribution in [1.29, 1.82) is 0 Å². The fourth-order valence-electron chi connectivity index (χ4n) is 2.96. The van der Waals surface area contributed by atoms with Crippen molar-refractivity contribution in [3.63, 3.8) is 0 Å². The number of fused-ring (bicyclic) bond motifs is 3. The van der Waals surface area contributed by atoms with Crippen molar-refractivity contribution >= 4 is 21.6 Å². The SMILES string of the molecule is COC[C@H](C)NC(=O)c1ccc2c(c1)-c1ccccc1S(=O)(=O)N2C. The van der Waals surface area contributed by atoms with Crippen LogP contribution in [0.1, 0.15) is 17.3 Å². The molecule has 3 rings (SSSR count). The maximum absolute atomic E-state index is 12.6. The highest BCUT2D eigenvalue weighted by Crippen LogP contribution is 2.42. The van der Waals surface area contributed by atoms with Crippen LogP contribution in [0.3, 0.4) is 0 Å². The van der Waals surface area contributed by atoms with Crippen molar-refractivity contribution < 1.29 is 17.9 Å². The van der Waals surface area contributed by atoms with Gasteiger partial charge in [-0.1, -0.05) is 18.2 Å². The molecule has 0 saturated heterocycles. The van der Waals surface area contributed by atoms with Gasteiger partial charge in [-0.3, -0.25) is 9.10 Å². The fraction of sp³-hybridized carbons (Fsp3) is 0.278. The second-order valence-electron chi connectivity index (χ2n) is 6.03. The minimum atomic E-state index is -3.58. The van der Waals surface area contributed by atoms with Gasteiger partial charge in [0.05, 0.1) is 17.2 Å². The Morgan fingerprint density at radius 2 is 1.92 bits per heavy atom. The summed E-state index contributed by atoms with van der Waals surface area (Å²) in [5, 5.41) is 2.86. The van der Waals surface area contributed by atoms with Crippen LogP contribution in [-0.4, -0.2) is 41.1 Å². The number of hydrogen-bond acceptors (Lipinski definition) is 4. The Morgan fingerprint density at radius 1 is 1.20 bits per heavy atom. The third-order valence-corrected chi connectivity index (χ3v) is 6.04. The largest absolute Gasteiger partial charge is 0.383 e. The Hall–Kier alpha value is -2.38. The van der Waals surface area contributed by atoms with Crippen molar-refractivity contribution in [2.45, 2.75) is 17.9 Å². The molecule has 0 aliphatic carbocycles. The van der Waals surface area contributed by atoms with E-state index < -0.39 is 10.0 Å². The first-order chi connectivity index (χ1) is 11.9. The van der Waals surface area contributed by atoms with Crippen LogP contribution in [0, 0.1) is 0 Å². The minimum Gasteiger partial charge on any atom is -0.383 e. The molecule has 1 amide bonds. The Bertz CT molecular complexity index is 924. The van der Waals surface area contributed by atoms with Crippen LogP contribution >= 0.6 is 0 Å². The topological polar surface area (TPSA) is 75.7 Å². The average molecular weight is 360 g/mol. The lowest BCUT2D eigenvalue weighted by Gasteiger charge is -2.29. The van der Waals surface area contributed by atoms with Gasteiger partial charge in [-0.15, -0.1) is 0 Å². The van der Waals surface area contributed by atoms with Gasteiger partial charge in [-0.05, 0) is 31.2 Å². The predicted octanol–water partition coefficient (Wildman–Crippen LogP) is 2.26. The number of sulfonamides is 1. The normalized spacial score (nSPS) is 15.9. The molecule has 0 fully saturated rings. The number of benzene rings is 2. The third kappa shape index (κ3) is 3.01. The summed E-state index contributed by atoms with van der Waals surface area (Å²) in [5.74, 6) is -0.221. The van der Waals surface area contributed by atoms with E-state index in [1.807, 2.05) is 6.92 Å². The Balaban J connectivity index is 2.05. The standard InChI is InChI=1S/C18H20N2O4S/c1-12(11-24-3)19-18(21)13-8-9-16-15(10-13)14-6-4-5-7-17(14)25(22,23)20(16)2/h4-10,12H,11H2,1-3H3,(H,19,21)/t12-/m0/s1. The van der Waals surface area contributed by atoms with E-state index in [4.69, 9.17) is 4.74 Å². The summed E-state index contributed by atoms with van der Waals surface area (Å²) in [6.45, 7) is 2.27. The molecule has 2 aromatic rings. The van der Waals surface area contributed by atoms with E-state index in [2.05, 4.69) is 5.32 Å². The number of anilines is 1. The maximum atomic E-state index is 12.6. The van der Waals surface area contributed by atoms with E-state index in [0.717, 1.165) is 5.56 Å². The number of nitrogens with zero attached hydrogens (tertiary/aromatic N) is 1. The summed E-state index contributed by atoms with van der Waals surface area (Å²) < 4.78 is 31.5. The van der Waals surface area contributed by atoms with Crippen molar-refractivity contribution in [2.75, 3.05) is 25.1 Å². The Kier molecular flexibility index (Phi) is 4.53. The molecule has 0 saturated carbocycles. The fourth-order valence-corrected chi connectivity index (χ4v) is 4.38. The van der Waals surface area contributed by atoms with Crippen LogP contribution in [0.5, 0.6) is 0 Å². The summed E-state index contributed by atoms with van der Waals surface area (Å²) in [7, 11) is -0.481. The number of nitrogens with one attached hydrogen (secondary N) is 1. The smallest absolute Gasteiger partial charge is 0.264 e. The first kappa shape index (κ1) is 17.4. The predicted molar refractivity (Wildman–Crippen MR) is 96.3 cm³/mol. The van der Waals surface area contributed by atoms with Crippen molar-refractivity contribution in [3.8, 4) is 11.1 Å². The van der Waals surface area contributed by atoms with Gasteiger partial charge in [-0.2, -0.15) is 0 Å². The zero-order valence-corrected chi connectivity index (χ0v) is 15.1. The molecular weight excluding hydrogens is 340 g/mol. The Morgan fingerprint density at radius 3 is 2.64 bits per heavy atom. The van der Waals surface area contributed by atoms with Gasteiger partial charge in [0, 0.05) is 36.9 Å². The number of carbonyl (C=O) groups is 1. The summed E-state index contributed by atoms with van der Waals surface area (Å²) >= 11 is 0. The highest BCUT2D eigenvalue weighted by molar-refractivity contribution is 7.93. The first-order valence-corrected chi connectivity index (χ1v) is 9.32. The average Bonchev–Trinajstić information content (AvgIpc) is 2.59. The molecule has 1 aliphatic rings. The van der Waals surface area contributed by atoms with E-state index in [1.165, 1.54) is 11.4 Å². The molecule has 2 aromatic carbocycles. The molecule has 0 bridgehead atoms. The summed E-state index contributed by atoms with van der Waals surface area (Å²) in [6, 6.07) is 11.7. The van der Waals surface area contributed by atoms with Crippen molar-refractivity contribution in [2.24, 2.45) is 0 Å². The maximum Gasteiger partial charge on any atom is 0.264 e. The molecule has 132 valence electrons. The molecule has 6 nitrogen and oxygen atoms in total. The highest BCUT2D eigenvalue weighted by atomic mass is 32.2. The number of methoxy groups -OCH3 is 1. The van der Waals surface area contributed by atoms with Crippen LogP contribution in [0.25, 0.3) is 11.1 Å². The molecule has 0 unspecified atom stereocenters. The minimum absolute atomic E-state index is 0.121. The van der Waals surface area contributed by atoms with Gasteiger partial charge in [0.25, 0.3) is 15.9 Å². The van der Waals surface area contributed by atoms with Crippen molar-refractivity contribution in [3.05, 3.63) is 48.0 Å². The quantitative estimate of drug-likeness (QED) is 0.907. The summed E-state index contributed by atoms with van der Waals surface area (Å²) in [5.41, 5.74) is 2.36. The van der Waals surface area contributed by atoms with Crippen LogP contribution < -0.4 is 9.62 Å². The molecule has 0 aromatic heterocycles. The van der Waals surface area contributed by atoms with Crippen LogP contribution in [0.4, 0.5) is 5.69 Å². The van der Waals surface area contributed by atoms with E-state index >= 15 is 0 Å². The number of carbonyl (C=O) groups excluding carboxylic acids is 1. The molecule has 7 heteroatoms. The summed E-state index contributed by atoms with van der Waals surface area (Å²) in [4.78, 5) is 12.7. The molecule has 1 N–H and O–H groups in total. The molecule has 1 atom stereocenters. The lowest BCUT2D eigenvalue weighted by atomic mass is 10.00. The Labute approximate surface area is 147 Å². The zero-order chi connectivity index (χ0) is 18.2. The summed E-state index contributed by atoms with van der Waals surface area (Å²) in [6.07, 6.45) is 0. The third-order valence-electron chi connectivity index (χ3n) is 4.21. The molecule has 0 spiro atoms. The molecular formula is C18H20N2O4S. The van der Waals surface area contributed by atoms with Crippen molar-refractivity contribution in [1.82, 2.24) is 5.32 Å². The number of amides is 1. The molecule has 1 heterocycles. The van der Waals surface area contributed by atoms with E-state index in [0.29, 0.717) is 23.4 Å². The number of ether oxygens (including phenoxy) is 1. The molecule has 25 heavy (non-hydrogen) atoms. The van der Waals surface area contributed by atoms with Gasteiger partial charge >= 0.3 is 0 Å². The first-order valence-electron chi connectivity index (χ1n) is 7.88. The van der Waals surface area contributed by atoms with Gasteiger partial charge in [0.2, 0.25) is 0 Å². The molecule has 0 radical (unpaired) electrons. The van der Waals surface area contributed by atoms with Gasteiger partial charge in [0.15, 0.2) is 0 Å². The van der Waals surface area contributed by atoms with Crippen LogP contribution in [0.2, 0.25) is 0 Å². The van der Waals surface area contributed by atoms with Crippen LogP contribution in [-0.2, 0) is 14.8 Å². The molecule has 1 aliphatic heterocycles. The van der Waals surface area contributed by atoms with E-state index in [1.54, 1.807) is 49.6 Å². The zero-order valence-electron chi connectivity index (χ0n) is 14.3. The lowest BCUT2D eigenvalue weighted by molar-refractivity contribution is 0.0905. The highest BCUT2D eigenvalue weighted by Gasteiger charge is 2.32. The van der Waals surface area contributed by atoms with Gasteiger partial charge in [-0.25, -0.2) is 8.42 Å². The lowest BCUT2D eigenvalue weighted by Crippen LogP contribution is -2.36. The number of rotatable bonds is 4. The van der Waals surface area contributed by atoms with Gasteiger partial charge < -0.3 is 10.1 Å². The van der Waals surface area contributed by atoms with E-state index in [-0.39, 0.29) is 16.8 Å². The second kappa shape index (κ2) is 6.50. The number of hydrogen-bond donors (Lipinski definition) is 1. The van der Waals surface area contributed by atoms with Crippen LogP contribution in [0.15, 0.2) is 47.4 Å². The van der Waals surface area contributed by atoms with E-state index in [9.17, 15) is 13.2 Å². The second-order valence-corrected chi connectivity index (χ2v) is 7.97. The monoisotopic (exact) mass is 360 g/mol. The van der Waals surface area contributed by atoms with Gasteiger partial charge in [0.1, 0.15) is 0 Å².